The summed E-state index contributed by atoms with van der Waals surface area (Å²) in [7, 11) is 2.11. The Morgan fingerprint density at radius 2 is 2.13 bits per heavy atom. The highest BCUT2D eigenvalue weighted by Gasteiger charge is 2.48. The van der Waals surface area contributed by atoms with Gasteiger partial charge in [-0.05, 0) is 50.2 Å². The zero-order valence-electron chi connectivity index (χ0n) is 17.3. The molecule has 5 rings (SSSR count). The van der Waals surface area contributed by atoms with Crippen molar-refractivity contribution in [2.24, 2.45) is 0 Å². The van der Waals surface area contributed by atoms with Crippen LogP contribution in [0.1, 0.15) is 18.4 Å². The van der Waals surface area contributed by atoms with Crippen molar-refractivity contribution >= 4 is 57.5 Å². The van der Waals surface area contributed by atoms with Crippen molar-refractivity contribution in [1.29, 1.82) is 0 Å². The first kappa shape index (κ1) is 21.1. The fourth-order valence-electron chi connectivity index (χ4n) is 4.58. The zero-order valence-corrected chi connectivity index (χ0v) is 19.7. The number of urea groups is 1. The van der Waals surface area contributed by atoms with Crippen LogP contribution in [0.3, 0.4) is 0 Å². The first-order chi connectivity index (χ1) is 14.9. The lowest BCUT2D eigenvalue weighted by molar-refractivity contribution is -0.131. The maximum absolute atomic E-state index is 13.2. The van der Waals surface area contributed by atoms with Gasteiger partial charge in [0.2, 0.25) is 5.91 Å². The number of amides is 3. The van der Waals surface area contributed by atoms with Crippen LogP contribution in [0.5, 0.6) is 0 Å². The van der Waals surface area contributed by atoms with Crippen molar-refractivity contribution in [3.63, 3.8) is 0 Å². The number of rotatable bonds is 4. The lowest BCUT2D eigenvalue weighted by atomic mass is 9.81. The van der Waals surface area contributed by atoms with Crippen LogP contribution in [0.15, 0.2) is 28.6 Å². The van der Waals surface area contributed by atoms with Gasteiger partial charge in [0.25, 0.3) is 0 Å². The van der Waals surface area contributed by atoms with E-state index >= 15 is 0 Å². The number of likely N-dealkylation sites (tertiary alicyclic amines) is 2. The molecule has 10 heteroatoms. The summed E-state index contributed by atoms with van der Waals surface area (Å²) in [6, 6.07) is 5.61. The summed E-state index contributed by atoms with van der Waals surface area (Å²) in [5.74, 6) is 0.570. The number of thiazole rings is 1. The minimum Gasteiger partial charge on any atom is -0.342 e. The standard InChI is InChI=1S/C21H24ClN5O2S2/c1-25-8-5-21(12-25)13-27(16-4-3-14(22)9-15(16)21)20(29)24-19-23-10-18(31-19)30-11-17(28)26-6-2-7-26/h3-4,9-10H,2,5-8,11-13H2,1H3,(H,23,24,29). The Morgan fingerprint density at radius 1 is 1.29 bits per heavy atom. The summed E-state index contributed by atoms with van der Waals surface area (Å²) >= 11 is 9.17. The molecule has 0 bridgehead atoms. The van der Waals surface area contributed by atoms with E-state index < -0.39 is 0 Å². The molecule has 0 radical (unpaired) electrons. The molecule has 3 aliphatic heterocycles. The highest BCUT2D eigenvalue weighted by molar-refractivity contribution is 8.01. The highest BCUT2D eigenvalue weighted by atomic mass is 35.5. The highest BCUT2D eigenvalue weighted by Crippen LogP contribution is 2.47. The molecule has 1 unspecified atom stereocenters. The van der Waals surface area contributed by atoms with Crippen molar-refractivity contribution < 1.29 is 9.59 Å². The van der Waals surface area contributed by atoms with E-state index in [1.165, 1.54) is 23.1 Å². The van der Waals surface area contributed by atoms with Crippen molar-refractivity contribution in [1.82, 2.24) is 14.8 Å². The number of likely N-dealkylation sites (N-methyl/N-ethyl adjacent to an activating group) is 1. The van der Waals surface area contributed by atoms with Gasteiger partial charge in [-0.25, -0.2) is 9.78 Å². The van der Waals surface area contributed by atoms with Crippen LogP contribution in [-0.4, -0.2) is 72.2 Å². The van der Waals surface area contributed by atoms with E-state index in [-0.39, 0.29) is 17.4 Å². The number of carbonyl (C=O) groups is 2. The Hall–Kier alpha value is -1.81. The number of carbonyl (C=O) groups excluding carboxylic acids is 2. The average molecular weight is 478 g/mol. The molecule has 2 saturated heterocycles. The molecule has 4 heterocycles. The van der Waals surface area contributed by atoms with Crippen LogP contribution in [0, 0.1) is 0 Å². The van der Waals surface area contributed by atoms with Crippen molar-refractivity contribution in [3.05, 3.63) is 35.0 Å². The van der Waals surface area contributed by atoms with E-state index in [1.54, 1.807) is 6.20 Å². The number of thioether (sulfide) groups is 1. The van der Waals surface area contributed by atoms with E-state index in [4.69, 9.17) is 11.6 Å². The first-order valence-electron chi connectivity index (χ1n) is 10.4. The van der Waals surface area contributed by atoms with Crippen LogP contribution in [0.2, 0.25) is 5.02 Å². The number of benzene rings is 1. The zero-order chi connectivity index (χ0) is 21.6. The Morgan fingerprint density at radius 3 is 2.84 bits per heavy atom. The fourth-order valence-corrected chi connectivity index (χ4v) is 6.52. The number of nitrogens with one attached hydrogen (secondary N) is 1. The van der Waals surface area contributed by atoms with Gasteiger partial charge < -0.3 is 9.80 Å². The molecule has 0 saturated carbocycles. The second-order valence-corrected chi connectivity index (χ2v) is 11.2. The molecule has 31 heavy (non-hydrogen) atoms. The molecular formula is C21H24ClN5O2S2. The molecule has 7 nitrogen and oxygen atoms in total. The Labute approximate surface area is 194 Å². The smallest absolute Gasteiger partial charge is 0.328 e. The summed E-state index contributed by atoms with van der Waals surface area (Å²) in [5, 5.41) is 4.19. The summed E-state index contributed by atoms with van der Waals surface area (Å²) in [6.07, 6.45) is 3.82. The number of anilines is 2. The number of halogens is 1. The van der Waals surface area contributed by atoms with E-state index in [0.29, 0.717) is 22.5 Å². The molecule has 1 aromatic heterocycles. The number of fused-ring (bicyclic) bond motifs is 2. The summed E-state index contributed by atoms with van der Waals surface area (Å²) in [5.41, 5.74) is 2.00. The van der Waals surface area contributed by atoms with Crippen LogP contribution in [0.25, 0.3) is 0 Å². The third kappa shape index (κ3) is 4.04. The van der Waals surface area contributed by atoms with Gasteiger partial charge in [0.1, 0.15) is 0 Å². The van der Waals surface area contributed by atoms with Crippen LogP contribution in [-0.2, 0) is 10.2 Å². The normalized spacial score (nSPS) is 22.6. The summed E-state index contributed by atoms with van der Waals surface area (Å²) < 4.78 is 0.923. The fraction of sp³-hybridized carbons (Fsp3) is 0.476. The van der Waals surface area contributed by atoms with Crippen LogP contribution in [0.4, 0.5) is 15.6 Å². The number of hydrogen-bond acceptors (Lipinski definition) is 6. The largest absolute Gasteiger partial charge is 0.342 e. The van der Waals surface area contributed by atoms with Gasteiger partial charge in [-0.2, -0.15) is 0 Å². The van der Waals surface area contributed by atoms with Gasteiger partial charge in [-0.15, -0.1) is 11.8 Å². The summed E-state index contributed by atoms with van der Waals surface area (Å²) in [4.78, 5) is 35.5. The predicted molar refractivity (Wildman–Crippen MR) is 126 cm³/mol. The molecule has 2 aromatic rings. The SMILES string of the molecule is CN1CCC2(C1)CN(C(=O)Nc1ncc(SCC(=O)N3CCC3)s1)c1ccc(Cl)cc12. The third-order valence-corrected chi connectivity index (χ3v) is 8.64. The van der Waals surface area contributed by atoms with Gasteiger partial charge in [0.15, 0.2) is 5.13 Å². The van der Waals surface area contributed by atoms with Gasteiger partial charge in [-0.1, -0.05) is 22.9 Å². The van der Waals surface area contributed by atoms with Crippen LogP contribution >= 0.6 is 34.7 Å². The average Bonchev–Trinajstić information content (AvgIpc) is 3.38. The molecule has 3 aliphatic rings. The maximum Gasteiger partial charge on any atom is 0.328 e. The van der Waals surface area contributed by atoms with Gasteiger partial charge in [-0.3, -0.25) is 15.0 Å². The molecule has 2 fully saturated rings. The van der Waals surface area contributed by atoms with E-state index in [1.807, 2.05) is 28.0 Å². The lowest BCUT2D eigenvalue weighted by Crippen LogP contribution is -2.42. The quantitative estimate of drug-likeness (QED) is 0.679. The lowest BCUT2D eigenvalue weighted by Gasteiger charge is -2.30. The number of hydrogen-bond donors (Lipinski definition) is 1. The maximum atomic E-state index is 13.2. The van der Waals surface area contributed by atoms with Crippen LogP contribution < -0.4 is 10.2 Å². The molecule has 1 aromatic carbocycles. The van der Waals surface area contributed by atoms with E-state index in [0.717, 1.165) is 54.5 Å². The second-order valence-electron chi connectivity index (χ2n) is 8.45. The predicted octanol–water partition coefficient (Wildman–Crippen LogP) is 3.75. The van der Waals surface area contributed by atoms with Gasteiger partial charge in [0, 0.05) is 42.3 Å². The molecular weight excluding hydrogens is 454 g/mol. The Bertz CT molecular complexity index is 1030. The molecule has 1 spiro atoms. The van der Waals surface area contributed by atoms with E-state index in [2.05, 4.69) is 22.2 Å². The number of nitrogens with zero attached hydrogens (tertiary/aromatic N) is 4. The Balaban J connectivity index is 1.27. The first-order valence-corrected chi connectivity index (χ1v) is 12.6. The molecule has 3 amide bonds. The van der Waals surface area contributed by atoms with Crippen molar-refractivity contribution in [3.8, 4) is 0 Å². The van der Waals surface area contributed by atoms with Gasteiger partial charge >= 0.3 is 6.03 Å². The monoisotopic (exact) mass is 477 g/mol. The van der Waals surface area contributed by atoms with Crippen molar-refractivity contribution in [2.75, 3.05) is 55.7 Å². The number of aromatic nitrogens is 1. The van der Waals surface area contributed by atoms with Crippen molar-refractivity contribution in [2.45, 2.75) is 22.5 Å². The molecule has 164 valence electrons. The molecule has 1 N–H and O–H groups in total. The van der Waals surface area contributed by atoms with E-state index in [9.17, 15) is 9.59 Å². The minimum absolute atomic E-state index is 0.0760. The second kappa shape index (κ2) is 8.27. The molecule has 1 atom stereocenters. The van der Waals surface area contributed by atoms with Gasteiger partial charge in [0.05, 0.1) is 16.2 Å². The summed E-state index contributed by atoms with van der Waals surface area (Å²) in [6.45, 7) is 4.28. The topological polar surface area (TPSA) is 68.8 Å². The third-order valence-electron chi connectivity index (χ3n) is 6.32. The Kier molecular flexibility index (Phi) is 5.62. The molecule has 0 aliphatic carbocycles. The minimum atomic E-state index is -0.183.